The first-order valence-electron chi connectivity index (χ1n) is 4.12. The van der Waals surface area contributed by atoms with Crippen LogP contribution in [0.15, 0.2) is 12.1 Å². The van der Waals surface area contributed by atoms with Gasteiger partial charge in [0.1, 0.15) is 5.75 Å². The summed E-state index contributed by atoms with van der Waals surface area (Å²) in [6.45, 7) is 1.79. The SMILES string of the molecule is COC(=O)c1cc(OC)c(N)cc1C. The molecule has 4 nitrogen and oxygen atoms in total. The molecule has 4 heteroatoms. The number of ether oxygens (including phenoxy) is 2. The molecule has 0 unspecified atom stereocenters. The van der Waals surface area contributed by atoms with Crippen molar-refractivity contribution in [2.45, 2.75) is 6.92 Å². The number of methoxy groups -OCH3 is 2. The highest BCUT2D eigenvalue weighted by Gasteiger charge is 2.12. The third kappa shape index (κ3) is 1.79. The van der Waals surface area contributed by atoms with E-state index in [0.717, 1.165) is 5.56 Å². The van der Waals surface area contributed by atoms with E-state index < -0.39 is 0 Å². The molecule has 0 heterocycles. The molecule has 1 aromatic carbocycles. The van der Waals surface area contributed by atoms with Gasteiger partial charge in [0.05, 0.1) is 25.5 Å². The molecule has 0 bridgehead atoms. The zero-order valence-electron chi connectivity index (χ0n) is 8.46. The van der Waals surface area contributed by atoms with E-state index >= 15 is 0 Å². The molecule has 0 saturated carbocycles. The molecule has 1 aromatic rings. The van der Waals surface area contributed by atoms with Crippen molar-refractivity contribution in [3.05, 3.63) is 23.3 Å². The first-order valence-corrected chi connectivity index (χ1v) is 4.12. The Labute approximate surface area is 82.6 Å². The van der Waals surface area contributed by atoms with E-state index in [4.69, 9.17) is 10.5 Å². The van der Waals surface area contributed by atoms with Crippen LogP contribution in [-0.4, -0.2) is 20.2 Å². The van der Waals surface area contributed by atoms with Gasteiger partial charge in [-0.15, -0.1) is 0 Å². The average molecular weight is 195 g/mol. The van der Waals surface area contributed by atoms with Crippen molar-refractivity contribution >= 4 is 11.7 Å². The first-order chi connectivity index (χ1) is 6.60. The maximum Gasteiger partial charge on any atom is 0.338 e. The normalized spacial score (nSPS) is 9.64. The van der Waals surface area contributed by atoms with E-state index in [-0.39, 0.29) is 5.97 Å². The highest BCUT2D eigenvalue weighted by Crippen LogP contribution is 2.25. The second-order valence-electron chi connectivity index (χ2n) is 2.90. The number of anilines is 1. The van der Waals surface area contributed by atoms with Gasteiger partial charge in [0.25, 0.3) is 0 Å². The van der Waals surface area contributed by atoms with Crippen molar-refractivity contribution in [1.29, 1.82) is 0 Å². The number of nitrogens with two attached hydrogens (primary N) is 1. The van der Waals surface area contributed by atoms with Crippen LogP contribution < -0.4 is 10.5 Å². The van der Waals surface area contributed by atoms with Crippen molar-refractivity contribution in [2.75, 3.05) is 20.0 Å². The third-order valence-corrected chi connectivity index (χ3v) is 1.98. The molecule has 0 saturated heterocycles. The van der Waals surface area contributed by atoms with Crippen LogP contribution in [0.1, 0.15) is 15.9 Å². The van der Waals surface area contributed by atoms with Crippen LogP contribution >= 0.6 is 0 Å². The minimum atomic E-state index is -0.388. The molecule has 0 aromatic heterocycles. The average Bonchev–Trinajstić information content (AvgIpc) is 2.17. The molecule has 2 N–H and O–H groups in total. The van der Waals surface area contributed by atoms with Gasteiger partial charge in [-0.1, -0.05) is 0 Å². The lowest BCUT2D eigenvalue weighted by Gasteiger charge is -2.09. The second kappa shape index (κ2) is 4.00. The lowest BCUT2D eigenvalue weighted by Crippen LogP contribution is -2.05. The largest absolute Gasteiger partial charge is 0.495 e. The Kier molecular flexibility index (Phi) is 2.96. The summed E-state index contributed by atoms with van der Waals surface area (Å²) in [6.07, 6.45) is 0. The van der Waals surface area contributed by atoms with Gasteiger partial charge < -0.3 is 15.2 Å². The van der Waals surface area contributed by atoms with E-state index in [1.54, 1.807) is 19.1 Å². The topological polar surface area (TPSA) is 61.5 Å². The summed E-state index contributed by atoms with van der Waals surface area (Å²) in [7, 11) is 2.84. The quantitative estimate of drug-likeness (QED) is 0.572. The number of nitrogen functional groups attached to an aromatic ring is 1. The van der Waals surface area contributed by atoms with E-state index in [1.165, 1.54) is 14.2 Å². The minimum Gasteiger partial charge on any atom is -0.495 e. The molecule has 76 valence electrons. The molecule has 0 atom stereocenters. The van der Waals surface area contributed by atoms with Crippen molar-refractivity contribution in [3.8, 4) is 5.75 Å². The maximum atomic E-state index is 11.3. The van der Waals surface area contributed by atoms with Crippen LogP contribution in [0.2, 0.25) is 0 Å². The van der Waals surface area contributed by atoms with Crippen LogP contribution in [0.25, 0.3) is 0 Å². The number of carbonyl (C=O) groups is 1. The van der Waals surface area contributed by atoms with Gasteiger partial charge in [0.2, 0.25) is 0 Å². The van der Waals surface area contributed by atoms with Crippen molar-refractivity contribution in [3.63, 3.8) is 0 Å². The Morgan fingerprint density at radius 1 is 1.36 bits per heavy atom. The number of esters is 1. The summed E-state index contributed by atoms with van der Waals surface area (Å²) in [6, 6.07) is 3.27. The van der Waals surface area contributed by atoms with Gasteiger partial charge in [0.15, 0.2) is 0 Å². The number of hydrogen-bond acceptors (Lipinski definition) is 4. The van der Waals surface area contributed by atoms with Crippen molar-refractivity contribution in [2.24, 2.45) is 0 Å². The molecule has 1 rings (SSSR count). The molecule has 0 fully saturated rings. The Morgan fingerprint density at radius 2 is 2.00 bits per heavy atom. The standard InChI is InChI=1S/C10H13NO3/c1-6-4-8(11)9(13-2)5-7(6)10(12)14-3/h4-5H,11H2,1-3H3. The fourth-order valence-corrected chi connectivity index (χ4v) is 1.22. The Hall–Kier alpha value is -1.71. The zero-order chi connectivity index (χ0) is 10.7. The third-order valence-electron chi connectivity index (χ3n) is 1.98. The Balaban J connectivity index is 3.24. The molecule has 0 amide bonds. The van der Waals surface area contributed by atoms with Crippen LogP contribution in [0, 0.1) is 6.92 Å². The van der Waals surface area contributed by atoms with Crippen LogP contribution in [0.3, 0.4) is 0 Å². The van der Waals surface area contributed by atoms with Crippen LogP contribution in [0.4, 0.5) is 5.69 Å². The van der Waals surface area contributed by atoms with E-state index in [9.17, 15) is 4.79 Å². The molecule has 0 aliphatic rings. The Morgan fingerprint density at radius 3 is 2.50 bits per heavy atom. The molecular formula is C10H13NO3. The van der Waals surface area contributed by atoms with Gasteiger partial charge in [-0.3, -0.25) is 0 Å². The molecule has 0 spiro atoms. The monoisotopic (exact) mass is 195 g/mol. The summed E-state index contributed by atoms with van der Waals surface area (Å²) in [5, 5.41) is 0. The summed E-state index contributed by atoms with van der Waals surface area (Å²) in [4.78, 5) is 11.3. The fourth-order valence-electron chi connectivity index (χ4n) is 1.22. The van der Waals surface area contributed by atoms with E-state index in [1.807, 2.05) is 0 Å². The molecule has 0 aliphatic heterocycles. The number of carbonyl (C=O) groups excluding carboxylic acids is 1. The molecule has 14 heavy (non-hydrogen) atoms. The van der Waals surface area contributed by atoms with Gasteiger partial charge in [-0.25, -0.2) is 4.79 Å². The number of benzene rings is 1. The summed E-state index contributed by atoms with van der Waals surface area (Å²) in [5.74, 6) is 0.0943. The minimum absolute atomic E-state index is 0.388. The smallest absolute Gasteiger partial charge is 0.338 e. The number of aryl methyl sites for hydroxylation is 1. The number of rotatable bonds is 2. The highest BCUT2D eigenvalue weighted by atomic mass is 16.5. The predicted molar refractivity (Wildman–Crippen MR) is 53.5 cm³/mol. The molecule has 0 radical (unpaired) electrons. The summed E-state index contributed by atoms with van der Waals surface area (Å²) < 4.78 is 9.62. The van der Waals surface area contributed by atoms with Crippen LogP contribution in [0.5, 0.6) is 5.75 Å². The van der Waals surface area contributed by atoms with Gasteiger partial charge in [-0.05, 0) is 24.6 Å². The zero-order valence-corrected chi connectivity index (χ0v) is 8.46. The van der Waals surface area contributed by atoms with Gasteiger partial charge in [-0.2, -0.15) is 0 Å². The summed E-state index contributed by atoms with van der Waals surface area (Å²) in [5.41, 5.74) is 7.42. The first kappa shape index (κ1) is 10.4. The Bertz CT molecular complexity index is 361. The van der Waals surface area contributed by atoms with Gasteiger partial charge in [0, 0.05) is 0 Å². The summed E-state index contributed by atoms with van der Waals surface area (Å²) >= 11 is 0. The van der Waals surface area contributed by atoms with E-state index in [0.29, 0.717) is 17.0 Å². The fraction of sp³-hybridized carbons (Fsp3) is 0.300. The lowest BCUT2D eigenvalue weighted by atomic mass is 10.1. The highest BCUT2D eigenvalue weighted by molar-refractivity contribution is 5.92. The maximum absolute atomic E-state index is 11.3. The van der Waals surface area contributed by atoms with E-state index in [2.05, 4.69) is 4.74 Å². The van der Waals surface area contributed by atoms with Crippen LogP contribution in [-0.2, 0) is 4.74 Å². The van der Waals surface area contributed by atoms with Crippen molar-refractivity contribution < 1.29 is 14.3 Å². The lowest BCUT2D eigenvalue weighted by molar-refractivity contribution is 0.0599. The number of hydrogen-bond donors (Lipinski definition) is 1. The van der Waals surface area contributed by atoms with Gasteiger partial charge >= 0.3 is 5.97 Å². The second-order valence-corrected chi connectivity index (χ2v) is 2.90. The van der Waals surface area contributed by atoms with Crippen molar-refractivity contribution in [1.82, 2.24) is 0 Å². The molecular weight excluding hydrogens is 182 g/mol. The predicted octanol–water partition coefficient (Wildman–Crippen LogP) is 1.37. The molecule has 0 aliphatic carbocycles.